The number of alkyl halides is 1. The Hall–Kier alpha value is -0.640. The van der Waals surface area contributed by atoms with Gasteiger partial charge in [0.25, 0.3) is 0 Å². The molecule has 0 radical (unpaired) electrons. The zero-order valence-corrected chi connectivity index (χ0v) is 12.6. The number of nitrogens with zero attached hydrogens (tertiary/aromatic N) is 1. The van der Waals surface area contributed by atoms with E-state index in [1.165, 1.54) is 0 Å². The summed E-state index contributed by atoms with van der Waals surface area (Å²) in [6.07, 6.45) is -0.660. The molecular weight excluding hydrogens is 266 g/mol. The van der Waals surface area contributed by atoms with Crippen LogP contribution in [0.1, 0.15) is 32.7 Å². The molecule has 0 saturated heterocycles. The highest BCUT2D eigenvalue weighted by molar-refractivity contribution is 7.18. The highest BCUT2D eigenvalue weighted by Gasteiger charge is 2.42. The fraction of sp³-hybridized carbons (Fsp3) is 0.500. The lowest BCUT2D eigenvalue weighted by molar-refractivity contribution is 0.0289. The van der Waals surface area contributed by atoms with Gasteiger partial charge in [0.05, 0.1) is 16.3 Å². The van der Waals surface area contributed by atoms with Gasteiger partial charge < -0.3 is 5.11 Å². The number of hydrogen-bond acceptors (Lipinski definition) is 3. The normalized spacial score (nSPS) is 17.7. The first-order valence-corrected chi connectivity index (χ1v) is 7.15. The monoisotopic (exact) mass is 283 g/mol. The molecule has 0 fully saturated rings. The second-order valence-corrected chi connectivity index (χ2v) is 7.65. The number of halogens is 1. The number of fused-ring (bicyclic) bond motifs is 1. The lowest BCUT2D eigenvalue weighted by atomic mass is 9.82. The standard InChI is InChI=1S/C14H18ClNOS/c1-13(2,3)11(17)14(4,15)12-16-9-7-5-6-8-10(9)18-12/h5-8,11,17H,1-4H3/t11-,14+/m1/s1. The molecule has 0 aliphatic rings. The maximum Gasteiger partial charge on any atom is 0.120 e. The topological polar surface area (TPSA) is 33.1 Å². The van der Waals surface area contributed by atoms with E-state index in [9.17, 15) is 5.11 Å². The molecule has 98 valence electrons. The summed E-state index contributed by atoms with van der Waals surface area (Å²) in [7, 11) is 0. The van der Waals surface area contributed by atoms with Gasteiger partial charge in [-0.15, -0.1) is 22.9 Å². The molecule has 0 saturated carbocycles. The lowest BCUT2D eigenvalue weighted by Gasteiger charge is -2.35. The van der Waals surface area contributed by atoms with Gasteiger partial charge in [-0.1, -0.05) is 32.9 Å². The number of rotatable bonds is 2. The third-order valence-electron chi connectivity index (χ3n) is 3.05. The highest BCUT2D eigenvalue weighted by Crippen LogP contribution is 2.42. The van der Waals surface area contributed by atoms with Crippen LogP contribution in [-0.2, 0) is 4.87 Å². The molecule has 2 nitrogen and oxygen atoms in total. The number of aliphatic hydroxyl groups is 1. The van der Waals surface area contributed by atoms with Crippen molar-refractivity contribution >= 4 is 33.2 Å². The Bertz CT molecular complexity index is 523. The van der Waals surface area contributed by atoms with Gasteiger partial charge in [-0.3, -0.25) is 0 Å². The molecule has 0 bridgehead atoms. The van der Waals surface area contributed by atoms with E-state index in [0.717, 1.165) is 15.2 Å². The zero-order valence-electron chi connectivity index (χ0n) is 11.1. The molecule has 18 heavy (non-hydrogen) atoms. The number of thiazole rings is 1. The zero-order chi connectivity index (χ0) is 13.6. The number of hydrogen-bond donors (Lipinski definition) is 1. The van der Waals surface area contributed by atoms with Gasteiger partial charge in [-0.25, -0.2) is 4.98 Å². The van der Waals surface area contributed by atoms with Crippen LogP contribution >= 0.6 is 22.9 Å². The first-order chi connectivity index (χ1) is 8.23. The number of aliphatic hydroxyl groups excluding tert-OH is 1. The molecule has 2 aromatic rings. The molecule has 0 aliphatic carbocycles. The molecule has 2 rings (SSSR count). The summed E-state index contributed by atoms with van der Waals surface area (Å²) >= 11 is 8.11. The molecule has 4 heteroatoms. The fourth-order valence-electron chi connectivity index (χ4n) is 2.01. The van der Waals surface area contributed by atoms with Gasteiger partial charge in [0.1, 0.15) is 9.88 Å². The minimum Gasteiger partial charge on any atom is -0.390 e. The summed E-state index contributed by atoms with van der Waals surface area (Å²) in [5.41, 5.74) is 0.652. The van der Waals surface area contributed by atoms with Crippen LogP contribution in [0.15, 0.2) is 24.3 Å². The minimum absolute atomic E-state index is 0.283. The average molecular weight is 284 g/mol. The van der Waals surface area contributed by atoms with E-state index < -0.39 is 11.0 Å². The van der Waals surface area contributed by atoms with Crippen molar-refractivity contribution in [1.82, 2.24) is 4.98 Å². The lowest BCUT2D eigenvalue weighted by Crippen LogP contribution is -2.41. The Balaban J connectivity index is 2.46. The maximum atomic E-state index is 10.4. The van der Waals surface area contributed by atoms with Crippen molar-refractivity contribution in [1.29, 1.82) is 0 Å². The van der Waals surface area contributed by atoms with Crippen LogP contribution in [0.4, 0.5) is 0 Å². The number of aromatic nitrogens is 1. The van der Waals surface area contributed by atoms with Gasteiger partial charge in [0.15, 0.2) is 0 Å². The summed E-state index contributed by atoms with van der Waals surface area (Å²) in [6.45, 7) is 7.77. The predicted molar refractivity (Wildman–Crippen MR) is 78.3 cm³/mol. The van der Waals surface area contributed by atoms with Crippen LogP contribution in [0.5, 0.6) is 0 Å². The van der Waals surface area contributed by atoms with E-state index in [1.807, 2.05) is 52.0 Å². The predicted octanol–water partition coefficient (Wildman–Crippen LogP) is 4.16. The van der Waals surface area contributed by atoms with Crippen molar-refractivity contribution in [2.24, 2.45) is 5.41 Å². The molecule has 1 N–H and O–H groups in total. The van der Waals surface area contributed by atoms with Crippen LogP contribution in [0, 0.1) is 5.41 Å². The maximum absolute atomic E-state index is 10.4. The van der Waals surface area contributed by atoms with Gasteiger partial charge in [-0.2, -0.15) is 0 Å². The Morgan fingerprint density at radius 2 is 1.83 bits per heavy atom. The van der Waals surface area contributed by atoms with Crippen molar-refractivity contribution in [2.45, 2.75) is 38.7 Å². The minimum atomic E-state index is -0.859. The fourth-order valence-corrected chi connectivity index (χ4v) is 3.53. The molecule has 0 unspecified atom stereocenters. The average Bonchev–Trinajstić information content (AvgIpc) is 2.70. The number of benzene rings is 1. The Labute approximate surface area is 117 Å². The Morgan fingerprint density at radius 1 is 1.22 bits per heavy atom. The summed E-state index contributed by atoms with van der Waals surface area (Å²) in [5, 5.41) is 11.2. The van der Waals surface area contributed by atoms with E-state index in [1.54, 1.807) is 11.3 Å². The van der Waals surface area contributed by atoms with Crippen molar-refractivity contribution in [3.8, 4) is 0 Å². The van der Waals surface area contributed by atoms with Gasteiger partial charge >= 0.3 is 0 Å². The molecule has 2 atom stereocenters. The van der Waals surface area contributed by atoms with Gasteiger partial charge in [0, 0.05) is 0 Å². The summed E-state index contributed by atoms with van der Waals surface area (Å²) < 4.78 is 1.10. The molecule has 1 heterocycles. The second kappa shape index (κ2) is 4.48. The third kappa shape index (κ3) is 2.40. The SMILES string of the molecule is CC(C)(C)[C@@H](O)[C@](C)(Cl)c1nc2ccccc2s1. The smallest absolute Gasteiger partial charge is 0.120 e. The van der Waals surface area contributed by atoms with Crippen molar-refractivity contribution < 1.29 is 5.11 Å². The Morgan fingerprint density at radius 3 is 2.39 bits per heavy atom. The van der Waals surface area contributed by atoms with E-state index >= 15 is 0 Å². The van der Waals surface area contributed by atoms with E-state index in [-0.39, 0.29) is 5.41 Å². The van der Waals surface area contributed by atoms with Crippen molar-refractivity contribution in [3.63, 3.8) is 0 Å². The first kappa shape index (κ1) is 13.8. The molecule has 1 aromatic heterocycles. The van der Waals surface area contributed by atoms with E-state index in [0.29, 0.717) is 0 Å². The van der Waals surface area contributed by atoms with Crippen LogP contribution < -0.4 is 0 Å². The van der Waals surface area contributed by atoms with Crippen molar-refractivity contribution in [2.75, 3.05) is 0 Å². The Kier molecular flexibility index (Phi) is 3.43. The first-order valence-electron chi connectivity index (χ1n) is 5.96. The van der Waals surface area contributed by atoms with Crippen LogP contribution in [0.2, 0.25) is 0 Å². The van der Waals surface area contributed by atoms with E-state index in [4.69, 9.17) is 11.6 Å². The summed E-state index contributed by atoms with van der Waals surface area (Å²) in [6, 6.07) is 7.92. The highest BCUT2D eigenvalue weighted by atomic mass is 35.5. The summed E-state index contributed by atoms with van der Waals surface area (Å²) in [4.78, 5) is 3.69. The van der Waals surface area contributed by atoms with Crippen LogP contribution in [0.25, 0.3) is 10.2 Å². The molecule has 0 spiro atoms. The molecular formula is C14H18ClNOS. The number of para-hydroxylation sites is 1. The van der Waals surface area contributed by atoms with Crippen LogP contribution in [-0.4, -0.2) is 16.2 Å². The molecule has 0 amide bonds. The third-order valence-corrected chi connectivity index (χ3v) is 4.82. The quantitative estimate of drug-likeness (QED) is 0.840. The second-order valence-electron chi connectivity index (χ2n) is 5.83. The molecule has 0 aliphatic heterocycles. The van der Waals surface area contributed by atoms with Gasteiger partial charge in [0.2, 0.25) is 0 Å². The molecule has 1 aromatic carbocycles. The van der Waals surface area contributed by atoms with Crippen LogP contribution in [0.3, 0.4) is 0 Å². The summed E-state index contributed by atoms with van der Waals surface area (Å²) in [5.74, 6) is 0. The largest absolute Gasteiger partial charge is 0.390 e. The van der Waals surface area contributed by atoms with Crippen molar-refractivity contribution in [3.05, 3.63) is 29.3 Å². The van der Waals surface area contributed by atoms with E-state index in [2.05, 4.69) is 4.98 Å². The van der Waals surface area contributed by atoms with Gasteiger partial charge in [-0.05, 0) is 24.5 Å².